The van der Waals surface area contributed by atoms with E-state index >= 15 is 0 Å². The van der Waals surface area contributed by atoms with Crippen LogP contribution >= 0.6 is 0 Å². The summed E-state index contributed by atoms with van der Waals surface area (Å²) in [5.74, 6) is 1.24. The minimum Gasteiger partial charge on any atom is -0.309 e. The number of amides is 1. The summed E-state index contributed by atoms with van der Waals surface area (Å²) in [7, 11) is 1.96. The maximum Gasteiger partial charge on any atom is 0.239 e. The highest BCUT2D eigenvalue weighted by molar-refractivity contribution is 5.91. The van der Waals surface area contributed by atoms with E-state index in [0.717, 1.165) is 23.7 Å². The molecule has 1 N–H and O–H groups in total. The van der Waals surface area contributed by atoms with E-state index in [2.05, 4.69) is 17.4 Å². The molecule has 2 aromatic carbocycles. The molecule has 0 radical (unpaired) electrons. The van der Waals surface area contributed by atoms with Crippen LogP contribution in [0.15, 0.2) is 66.7 Å². The van der Waals surface area contributed by atoms with Gasteiger partial charge in [0.25, 0.3) is 0 Å². The Kier molecular flexibility index (Phi) is 5.03. The number of nitrogens with one attached hydrogen (secondary N) is 1. The van der Waals surface area contributed by atoms with Gasteiger partial charge in [-0.15, -0.1) is 0 Å². The Bertz CT molecular complexity index is 901. The van der Waals surface area contributed by atoms with Gasteiger partial charge in [0.2, 0.25) is 5.91 Å². The first-order chi connectivity index (χ1) is 13.2. The lowest BCUT2D eigenvalue weighted by Crippen LogP contribution is -2.30. The number of anilines is 1. The summed E-state index contributed by atoms with van der Waals surface area (Å²) in [6, 6.07) is 22.1. The molecule has 0 bridgehead atoms. The van der Waals surface area contributed by atoms with Crippen LogP contribution in [0, 0.1) is 0 Å². The Morgan fingerprint density at radius 3 is 2.44 bits per heavy atom. The molecular formula is C22H24N4O. The second kappa shape index (κ2) is 7.76. The van der Waals surface area contributed by atoms with Crippen molar-refractivity contribution in [1.82, 2.24) is 14.7 Å². The number of hydrogen-bond acceptors (Lipinski definition) is 3. The molecule has 5 heteroatoms. The Balaban J connectivity index is 1.46. The van der Waals surface area contributed by atoms with Gasteiger partial charge < -0.3 is 5.32 Å². The quantitative estimate of drug-likeness (QED) is 0.697. The van der Waals surface area contributed by atoms with E-state index in [9.17, 15) is 4.79 Å². The van der Waals surface area contributed by atoms with Gasteiger partial charge in [-0.25, -0.2) is 4.68 Å². The first-order valence-electron chi connectivity index (χ1n) is 9.37. The molecule has 138 valence electrons. The van der Waals surface area contributed by atoms with Crippen molar-refractivity contribution in [2.24, 2.45) is 0 Å². The van der Waals surface area contributed by atoms with Crippen LogP contribution in [0.5, 0.6) is 0 Å². The monoisotopic (exact) mass is 360 g/mol. The Morgan fingerprint density at radius 2 is 1.78 bits per heavy atom. The Hall–Kier alpha value is -2.92. The second-order valence-electron chi connectivity index (χ2n) is 7.18. The SMILES string of the molecule is CN(CC(=O)Nc1cc(C2CC2)nn1-c1ccccc1)Cc1ccccc1. The Morgan fingerprint density at radius 1 is 1.11 bits per heavy atom. The lowest BCUT2D eigenvalue weighted by Gasteiger charge is -2.16. The maximum absolute atomic E-state index is 12.6. The molecule has 0 unspecified atom stereocenters. The van der Waals surface area contributed by atoms with Gasteiger partial charge in [-0.3, -0.25) is 9.69 Å². The third kappa shape index (κ3) is 4.44. The highest BCUT2D eigenvalue weighted by atomic mass is 16.2. The largest absolute Gasteiger partial charge is 0.309 e. The average molecular weight is 360 g/mol. The standard InChI is InChI=1S/C22H24N4O/c1-25(15-17-8-4-2-5-9-17)16-22(27)23-21-14-20(18-12-13-18)24-26(21)19-10-6-3-7-11-19/h2-11,14,18H,12-13,15-16H2,1H3,(H,23,27). The summed E-state index contributed by atoms with van der Waals surface area (Å²) in [6.07, 6.45) is 2.36. The zero-order valence-electron chi connectivity index (χ0n) is 15.5. The number of likely N-dealkylation sites (N-methyl/N-ethyl adjacent to an activating group) is 1. The molecule has 0 aliphatic heterocycles. The highest BCUT2D eigenvalue weighted by Crippen LogP contribution is 2.40. The fraction of sp³-hybridized carbons (Fsp3) is 0.273. The summed E-state index contributed by atoms with van der Waals surface area (Å²) in [5.41, 5.74) is 3.21. The maximum atomic E-state index is 12.6. The molecule has 1 fully saturated rings. The van der Waals surface area contributed by atoms with Gasteiger partial charge >= 0.3 is 0 Å². The topological polar surface area (TPSA) is 50.2 Å². The van der Waals surface area contributed by atoms with E-state index in [4.69, 9.17) is 5.10 Å². The zero-order chi connectivity index (χ0) is 18.6. The smallest absolute Gasteiger partial charge is 0.239 e. The van der Waals surface area contributed by atoms with E-state index in [1.165, 1.54) is 18.4 Å². The van der Waals surface area contributed by atoms with Gasteiger partial charge in [-0.05, 0) is 37.6 Å². The second-order valence-corrected chi connectivity index (χ2v) is 7.18. The van der Waals surface area contributed by atoms with Crippen molar-refractivity contribution in [3.8, 4) is 5.69 Å². The van der Waals surface area contributed by atoms with Crippen LogP contribution in [0.2, 0.25) is 0 Å². The van der Waals surface area contributed by atoms with Gasteiger partial charge in [0.1, 0.15) is 5.82 Å². The average Bonchev–Trinajstić information content (AvgIpc) is 3.44. The van der Waals surface area contributed by atoms with Crippen molar-refractivity contribution in [2.45, 2.75) is 25.3 Å². The highest BCUT2D eigenvalue weighted by Gasteiger charge is 2.28. The lowest BCUT2D eigenvalue weighted by molar-refractivity contribution is -0.117. The summed E-state index contributed by atoms with van der Waals surface area (Å²) in [6.45, 7) is 1.06. The number of nitrogens with zero attached hydrogens (tertiary/aromatic N) is 3. The first-order valence-corrected chi connectivity index (χ1v) is 9.37. The molecule has 1 amide bonds. The number of rotatable bonds is 7. The van der Waals surface area contributed by atoms with Crippen LogP contribution in [0.1, 0.15) is 30.0 Å². The molecule has 5 nitrogen and oxygen atoms in total. The third-order valence-electron chi connectivity index (χ3n) is 4.70. The molecule has 1 aromatic heterocycles. The van der Waals surface area contributed by atoms with E-state index < -0.39 is 0 Å². The molecule has 0 spiro atoms. The predicted molar refractivity (Wildman–Crippen MR) is 107 cm³/mol. The number of para-hydroxylation sites is 1. The molecule has 3 aromatic rings. The first kappa shape index (κ1) is 17.5. The molecule has 1 heterocycles. The zero-order valence-corrected chi connectivity index (χ0v) is 15.5. The number of hydrogen-bond donors (Lipinski definition) is 1. The molecule has 1 saturated carbocycles. The number of carbonyl (C=O) groups excluding carboxylic acids is 1. The molecule has 1 aliphatic carbocycles. The molecular weight excluding hydrogens is 336 g/mol. The molecule has 0 saturated heterocycles. The van der Waals surface area contributed by atoms with Crippen molar-refractivity contribution in [3.63, 3.8) is 0 Å². The van der Waals surface area contributed by atoms with E-state index in [1.807, 2.05) is 71.2 Å². The van der Waals surface area contributed by atoms with Crippen LogP contribution in [0.3, 0.4) is 0 Å². The van der Waals surface area contributed by atoms with Crippen LogP contribution in [0.4, 0.5) is 5.82 Å². The number of carbonyl (C=O) groups is 1. The lowest BCUT2D eigenvalue weighted by atomic mass is 10.2. The van der Waals surface area contributed by atoms with Crippen molar-refractivity contribution in [1.29, 1.82) is 0 Å². The third-order valence-corrected chi connectivity index (χ3v) is 4.70. The van der Waals surface area contributed by atoms with Crippen LogP contribution in [-0.4, -0.2) is 34.2 Å². The minimum atomic E-state index is -0.0344. The van der Waals surface area contributed by atoms with Gasteiger partial charge in [-0.1, -0.05) is 48.5 Å². The van der Waals surface area contributed by atoms with Gasteiger partial charge in [0, 0.05) is 18.5 Å². The normalized spacial score (nSPS) is 13.7. The molecule has 27 heavy (non-hydrogen) atoms. The minimum absolute atomic E-state index is 0.0344. The van der Waals surface area contributed by atoms with Crippen molar-refractivity contribution in [2.75, 3.05) is 18.9 Å². The van der Waals surface area contributed by atoms with E-state index in [0.29, 0.717) is 12.5 Å². The Labute approximate surface area is 159 Å². The number of aromatic nitrogens is 2. The fourth-order valence-electron chi connectivity index (χ4n) is 3.21. The number of benzene rings is 2. The van der Waals surface area contributed by atoms with Crippen molar-refractivity contribution in [3.05, 3.63) is 78.0 Å². The van der Waals surface area contributed by atoms with E-state index in [1.54, 1.807) is 0 Å². The summed E-state index contributed by atoms with van der Waals surface area (Å²) >= 11 is 0. The van der Waals surface area contributed by atoms with Crippen molar-refractivity contribution >= 4 is 11.7 Å². The molecule has 0 atom stereocenters. The summed E-state index contributed by atoms with van der Waals surface area (Å²) in [4.78, 5) is 14.6. The molecule has 1 aliphatic rings. The van der Waals surface area contributed by atoms with E-state index in [-0.39, 0.29) is 5.91 Å². The van der Waals surface area contributed by atoms with Crippen LogP contribution in [0.25, 0.3) is 5.69 Å². The fourth-order valence-corrected chi connectivity index (χ4v) is 3.21. The van der Waals surface area contributed by atoms with Gasteiger partial charge in [-0.2, -0.15) is 5.10 Å². The van der Waals surface area contributed by atoms with Crippen molar-refractivity contribution < 1.29 is 4.79 Å². The van der Waals surface area contributed by atoms with Gasteiger partial charge in [0.05, 0.1) is 17.9 Å². The summed E-state index contributed by atoms with van der Waals surface area (Å²) < 4.78 is 1.84. The predicted octanol–water partition coefficient (Wildman–Crippen LogP) is 3.82. The van der Waals surface area contributed by atoms with Crippen LogP contribution in [-0.2, 0) is 11.3 Å². The molecule has 4 rings (SSSR count). The van der Waals surface area contributed by atoms with Crippen LogP contribution < -0.4 is 5.32 Å². The summed E-state index contributed by atoms with van der Waals surface area (Å²) in [5, 5.41) is 7.78. The van der Waals surface area contributed by atoms with Gasteiger partial charge in [0.15, 0.2) is 0 Å².